The molecule has 0 bridgehead atoms. The Hall–Kier alpha value is -1.08. The van der Waals surface area contributed by atoms with Crippen molar-refractivity contribution in [2.24, 2.45) is 0 Å². The van der Waals surface area contributed by atoms with Gasteiger partial charge in [0.2, 0.25) is 0 Å². The molecule has 0 aliphatic carbocycles. The SMILES string of the molecule is CCCC[NH+](CC)C/C=C/c1ccccc1. The molecule has 1 unspecified atom stereocenters. The molecule has 0 saturated carbocycles. The van der Waals surface area contributed by atoms with E-state index in [2.05, 4.69) is 56.3 Å². The Morgan fingerprint density at radius 3 is 2.50 bits per heavy atom. The minimum absolute atomic E-state index is 1.14. The molecule has 1 atom stereocenters. The van der Waals surface area contributed by atoms with E-state index in [1.165, 1.54) is 31.5 Å². The number of benzene rings is 1. The first-order valence-electron chi connectivity index (χ1n) is 6.42. The second-order valence-electron chi connectivity index (χ2n) is 4.22. The highest BCUT2D eigenvalue weighted by Gasteiger charge is 2.00. The highest BCUT2D eigenvalue weighted by Crippen LogP contribution is 1.99. The number of quaternary nitrogens is 1. The van der Waals surface area contributed by atoms with E-state index in [1.807, 2.05) is 0 Å². The van der Waals surface area contributed by atoms with Crippen LogP contribution in [0, 0.1) is 0 Å². The van der Waals surface area contributed by atoms with Crippen LogP contribution in [0.2, 0.25) is 0 Å². The van der Waals surface area contributed by atoms with Gasteiger partial charge in [-0.05, 0) is 25.0 Å². The Bertz CT molecular complexity index is 290. The first-order chi connectivity index (χ1) is 7.86. The van der Waals surface area contributed by atoms with Gasteiger partial charge in [0.15, 0.2) is 0 Å². The van der Waals surface area contributed by atoms with Crippen molar-refractivity contribution in [3.05, 3.63) is 42.0 Å². The van der Waals surface area contributed by atoms with Crippen LogP contribution >= 0.6 is 0 Å². The van der Waals surface area contributed by atoms with Gasteiger partial charge in [0, 0.05) is 0 Å². The lowest BCUT2D eigenvalue weighted by Gasteiger charge is -2.14. The summed E-state index contributed by atoms with van der Waals surface area (Å²) in [4.78, 5) is 1.68. The first kappa shape index (κ1) is 13.0. The Morgan fingerprint density at radius 2 is 1.88 bits per heavy atom. The molecule has 1 heteroatoms. The fourth-order valence-electron chi connectivity index (χ4n) is 1.78. The standard InChI is InChI=1S/C15H23N/c1-3-5-13-16(4-2)14-9-12-15-10-7-6-8-11-15/h6-12H,3-5,13-14H2,1-2H3/p+1/b12-9+. The second kappa shape index (κ2) is 8.12. The van der Waals surface area contributed by atoms with Gasteiger partial charge in [0.1, 0.15) is 0 Å². The van der Waals surface area contributed by atoms with Crippen LogP contribution in [0.25, 0.3) is 6.08 Å². The molecular formula is C15H24N+. The third-order valence-electron chi connectivity index (χ3n) is 2.90. The highest BCUT2D eigenvalue weighted by molar-refractivity contribution is 5.48. The van der Waals surface area contributed by atoms with Crippen molar-refractivity contribution in [2.45, 2.75) is 26.7 Å². The summed E-state index contributed by atoms with van der Waals surface area (Å²) in [5, 5.41) is 0. The van der Waals surface area contributed by atoms with Crippen LogP contribution in [0.1, 0.15) is 32.3 Å². The average Bonchev–Trinajstić information content (AvgIpc) is 2.35. The van der Waals surface area contributed by atoms with E-state index in [4.69, 9.17) is 0 Å². The lowest BCUT2D eigenvalue weighted by atomic mass is 10.2. The summed E-state index contributed by atoms with van der Waals surface area (Å²) in [7, 11) is 0. The molecule has 1 N–H and O–H groups in total. The molecule has 1 aromatic rings. The van der Waals surface area contributed by atoms with Crippen LogP contribution in [0.5, 0.6) is 0 Å². The fraction of sp³-hybridized carbons (Fsp3) is 0.467. The summed E-state index contributed by atoms with van der Waals surface area (Å²) in [5.41, 5.74) is 1.30. The maximum absolute atomic E-state index is 2.30. The molecule has 0 heterocycles. The Labute approximate surface area is 99.8 Å². The zero-order valence-corrected chi connectivity index (χ0v) is 10.6. The first-order valence-corrected chi connectivity index (χ1v) is 6.42. The third kappa shape index (κ3) is 5.13. The molecule has 0 aliphatic rings. The minimum Gasteiger partial charge on any atom is -0.332 e. The summed E-state index contributed by atoms with van der Waals surface area (Å²) in [6.07, 6.45) is 7.15. The lowest BCUT2D eigenvalue weighted by molar-refractivity contribution is -0.892. The summed E-state index contributed by atoms with van der Waals surface area (Å²) < 4.78 is 0. The number of hydrogen-bond acceptors (Lipinski definition) is 0. The number of unbranched alkanes of at least 4 members (excludes halogenated alkanes) is 1. The van der Waals surface area contributed by atoms with Crippen LogP contribution < -0.4 is 4.90 Å². The number of hydrogen-bond donors (Lipinski definition) is 1. The smallest absolute Gasteiger partial charge is 0.0961 e. The van der Waals surface area contributed by atoms with Gasteiger partial charge >= 0.3 is 0 Å². The number of likely N-dealkylation sites (N-methyl/N-ethyl adjacent to an activating group) is 1. The van der Waals surface area contributed by atoms with Crippen molar-refractivity contribution in [3.63, 3.8) is 0 Å². The average molecular weight is 218 g/mol. The molecule has 0 aromatic heterocycles. The van der Waals surface area contributed by atoms with E-state index < -0.39 is 0 Å². The van der Waals surface area contributed by atoms with Crippen LogP contribution in [0.4, 0.5) is 0 Å². The van der Waals surface area contributed by atoms with Gasteiger partial charge in [-0.3, -0.25) is 0 Å². The minimum atomic E-state index is 1.14. The summed E-state index contributed by atoms with van der Waals surface area (Å²) in [6.45, 7) is 8.19. The van der Waals surface area contributed by atoms with Crippen molar-refractivity contribution >= 4 is 6.08 Å². The second-order valence-corrected chi connectivity index (χ2v) is 4.22. The predicted molar refractivity (Wildman–Crippen MR) is 71.6 cm³/mol. The van der Waals surface area contributed by atoms with Gasteiger partial charge in [0.05, 0.1) is 19.6 Å². The van der Waals surface area contributed by atoms with Gasteiger partial charge in [-0.2, -0.15) is 0 Å². The van der Waals surface area contributed by atoms with Gasteiger partial charge in [-0.25, -0.2) is 0 Å². The zero-order chi connectivity index (χ0) is 11.6. The molecule has 0 spiro atoms. The van der Waals surface area contributed by atoms with Crippen molar-refractivity contribution in [2.75, 3.05) is 19.6 Å². The fourth-order valence-corrected chi connectivity index (χ4v) is 1.78. The number of rotatable bonds is 7. The van der Waals surface area contributed by atoms with E-state index >= 15 is 0 Å². The molecule has 16 heavy (non-hydrogen) atoms. The van der Waals surface area contributed by atoms with E-state index in [1.54, 1.807) is 4.90 Å². The van der Waals surface area contributed by atoms with Crippen LogP contribution in [-0.4, -0.2) is 19.6 Å². The van der Waals surface area contributed by atoms with Crippen molar-refractivity contribution < 1.29 is 4.90 Å². The summed E-state index contributed by atoms with van der Waals surface area (Å²) >= 11 is 0. The Balaban J connectivity index is 2.34. The molecule has 88 valence electrons. The predicted octanol–water partition coefficient (Wildman–Crippen LogP) is 2.40. The molecule has 1 nitrogen and oxygen atoms in total. The highest BCUT2D eigenvalue weighted by atomic mass is 15.1. The quantitative estimate of drug-likeness (QED) is 0.717. The molecule has 1 aromatic carbocycles. The zero-order valence-electron chi connectivity index (χ0n) is 10.6. The van der Waals surface area contributed by atoms with Crippen LogP contribution in [0.3, 0.4) is 0 Å². The van der Waals surface area contributed by atoms with Gasteiger partial charge in [-0.15, -0.1) is 0 Å². The maximum atomic E-state index is 2.30. The van der Waals surface area contributed by atoms with E-state index in [-0.39, 0.29) is 0 Å². The van der Waals surface area contributed by atoms with Crippen molar-refractivity contribution in [1.82, 2.24) is 0 Å². The maximum Gasteiger partial charge on any atom is 0.0961 e. The van der Waals surface area contributed by atoms with Gasteiger partial charge in [0.25, 0.3) is 0 Å². The van der Waals surface area contributed by atoms with Crippen molar-refractivity contribution in [1.29, 1.82) is 0 Å². The molecule has 1 rings (SSSR count). The normalized spacial score (nSPS) is 13.1. The molecule has 0 aliphatic heterocycles. The Morgan fingerprint density at radius 1 is 1.12 bits per heavy atom. The van der Waals surface area contributed by atoms with E-state index in [0.29, 0.717) is 0 Å². The number of nitrogens with one attached hydrogen (secondary N) is 1. The summed E-state index contributed by atoms with van der Waals surface area (Å²) in [6, 6.07) is 10.5. The molecule has 0 fully saturated rings. The van der Waals surface area contributed by atoms with Gasteiger partial charge in [-0.1, -0.05) is 49.8 Å². The third-order valence-corrected chi connectivity index (χ3v) is 2.90. The van der Waals surface area contributed by atoms with Crippen LogP contribution in [-0.2, 0) is 0 Å². The monoisotopic (exact) mass is 218 g/mol. The lowest BCUT2D eigenvalue weighted by Crippen LogP contribution is -3.11. The van der Waals surface area contributed by atoms with Crippen LogP contribution in [0.15, 0.2) is 36.4 Å². The molecule has 0 amide bonds. The molecule has 0 saturated heterocycles. The summed E-state index contributed by atoms with van der Waals surface area (Å²) in [5.74, 6) is 0. The van der Waals surface area contributed by atoms with Gasteiger partial charge < -0.3 is 4.90 Å². The Kier molecular flexibility index (Phi) is 6.59. The topological polar surface area (TPSA) is 4.44 Å². The van der Waals surface area contributed by atoms with Crippen molar-refractivity contribution in [3.8, 4) is 0 Å². The molecule has 0 radical (unpaired) electrons. The van der Waals surface area contributed by atoms with E-state index in [0.717, 1.165) is 6.54 Å². The molecular weight excluding hydrogens is 194 g/mol. The largest absolute Gasteiger partial charge is 0.332 e. The van der Waals surface area contributed by atoms with E-state index in [9.17, 15) is 0 Å².